The highest BCUT2D eigenvalue weighted by molar-refractivity contribution is 7.71. The Morgan fingerprint density at radius 1 is 1.07 bits per heavy atom. The molecule has 10 heteroatoms. The first-order chi connectivity index (χ1) is 19.7. The Kier molecular flexibility index (Phi) is 8.42. The van der Waals surface area contributed by atoms with Crippen LogP contribution in [0.25, 0.3) is 27.9 Å². The number of hydrogen-bond donors (Lipinski definition) is 2. The summed E-state index contributed by atoms with van der Waals surface area (Å²) < 4.78 is 28.9. The zero-order valence-corrected chi connectivity index (χ0v) is 25.6. The van der Waals surface area contributed by atoms with Crippen molar-refractivity contribution in [1.29, 1.82) is 0 Å². The van der Waals surface area contributed by atoms with E-state index in [4.69, 9.17) is 4.98 Å². The van der Waals surface area contributed by atoms with Crippen LogP contribution in [0.1, 0.15) is 16.8 Å². The molecule has 2 N–H and O–H groups in total. The van der Waals surface area contributed by atoms with Crippen molar-refractivity contribution in [2.75, 3.05) is 37.3 Å². The van der Waals surface area contributed by atoms with Gasteiger partial charge in [0.2, 0.25) is 5.95 Å². The second-order valence-corrected chi connectivity index (χ2v) is 14.0. The number of rotatable bonds is 6. The van der Waals surface area contributed by atoms with Crippen LogP contribution in [0.4, 0.5) is 16.0 Å². The highest BCUT2D eigenvalue weighted by Crippen LogP contribution is 2.46. The normalized spacial score (nSPS) is 15.3. The third kappa shape index (κ3) is 5.54. The number of anilines is 2. The van der Waals surface area contributed by atoms with Crippen LogP contribution in [0.15, 0.2) is 71.5 Å². The number of pyridine rings is 1. The van der Waals surface area contributed by atoms with Gasteiger partial charge in [-0.25, -0.2) is 9.37 Å². The summed E-state index contributed by atoms with van der Waals surface area (Å²) in [7, 11) is -0.453. The Bertz CT molecular complexity index is 1910. The highest BCUT2D eigenvalue weighted by Gasteiger charge is 2.29. The van der Waals surface area contributed by atoms with Crippen molar-refractivity contribution in [2.24, 2.45) is 7.05 Å². The van der Waals surface area contributed by atoms with E-state index in [1.807, 2.05) is 74.0 Å². The number of benzene rings is 3. The first-order valence-corrected chi connectivity index (χ1v) is 15.9. The molecule has 3 heterocycles. The molecule has 0 amide bonds. The summed E-state index contributed by atoms with van der Waals surface area (Å²) in [6.07, 6.45) is 5.42. The van der Waals surface area contributed by atoms with Crippen molar-refractivity contribution in [2.45, 2.75) is 13.8 Å². The van der Waals surface area contributed by atoms with Crippen molar-refractivity contribution in [3.05, 3.63) is 99.7 Å². The molecule has 6 rings (SSSR count). The van der Waals surface area contributed by atoms with Gasteiger partial charge in [-0.2, -0.15) is 0 Å². The molecule has 0 atom stereocenters. The van der Waals surface area contributed by atoms with Crippen molar-refractivity contribution >= 4 is 64.4 Å². The molecule has 42 heavy (non-hydrogen) atoms. The molecule has 0 bridgehead atoms. The maximum atomic E-state index is 13.6. The summed E-state index contributed by atoms with van der Waals surface area (Å²) in [5.41, 5.74) is 4.54. The molecule has 1 fully saturated rings. The highest BCUT2D eigenvalue weighted by atomic mass is 35.5. The smallest absolute Gasteiger partial charge is 0.258 e. The summed E-state index contributed by atoms with van der Waals surface area (Å²) in [6, 6.07) is 18.3. The van der Waals surface area contributed by atoms with Crippen LogP contribution in [-0.4, -0.2) is 51.4 Å². The maximum absolute atomic E-state index is 13.6. The Labute approximate surface area is 250 Å². The van der Waals surface area contributed by atoms with Crippen LogP contribution in [0, 0.1) is 19.7 Å². The van der Waals surface area contributed by atoms with Crippen LogP contribution >= 0.6 is 19.5 Å². The van der Waals surface area contributed by atoms with Gasteiger partial charge in [-0.15, -0.1) is 12.4 Å². The minimum absolute atomic E-state index is 0. The number of nitrogens with one attached hydrogen (secondary N) is 2. The van der Waals surface area contributed by atoms with E-state index in [1.165, 1.54) is 12.1 Å². The van der Waals surface area contributed by atoms with Crippen LogP contribution in [0.5, 0.6) is 0 Å². The molecule has 3 aromatic carbocycles. The molecule has 0 saturated carbocycles. The molecule has 1 aliphatic rings. The van der Waals surface area contributed by atoms with E-state index in [-0.39, 0.29) is 23.8 Å². The second-order valence-electron chi connectivity index (χ2n) is 10.8. The molecule has 0 aliphatic carbocycles. The van der Waals surface area contributed by atoms with E-state index in [0.717, 1.165) is 58.3 Å². The minimum atomic E-state index is -2.32. The first kappa shape index (κ1) is 29.8. The fraction of sp³-hybridized carbons (Fsp3) is 0.250. The zero-order chi connectivity index (χ0) is 28.7. The molecule has 1 saturated heterocycles. The van der Waals surface area contributed by atoms with E-state index < -0.39 is 7.14 Å². The fourth-order valence-electron chi connectivity index (χ4n) is 5.73. The lowest BCUT2D eigenvalue weighted by atomic mass is 10.0. The van der Waals surface area contributed by atoms with Crippen molar-refractivity contribution < 1.29 is 8.96 Å². The number of H-pyrrole nitrogens is 1. The van der Waals surface area contributed by atoms with Gasteiger partial charge in [0, 0.05) is 55.7 Å². The predicted octanol–water partition coefficient (Wildman–Crippen LogP) is 6.35. The Balaban J connectivity index is 0.00000353. The molecule has 5 aromatic rings. The van der Waals surface area contributed by atoms with Crippen LogP contribution < -0.4 is 16.2 Å². The van der Waals surface area contributed by atoms with E-state index >= 15 is 0 Å². The molecule has 0 radical (unpaired) electrons. The number of aromatic nitrogens is 3. The molecule has 218 valence electrons. The molecule has 0 unspecified atom stereocenters. The van der Waals surface area contributed by atoms with Gasteiger partial charge in [-0.1, -0.05) is 42.5 Å². The van der Waals surface area contributed by atoms with E-state index in [1.54, 1.807) is 6.07 Å². The second kappa shape index (κ2) is 11.9. The molecule has 0 spiro atoms. The zero-order valence-electron chi connectivity index (χ0n) is 23.9. The first-order valence-electron chi connectivity index (χ1n) is 13.8. The molecule has 2 aromatic heterocycles. The maximum Gasteiger partial charge on any atom is 0.258 e. The van der Waals surface area contributed by atoms with E-state index in [2.05, 4.69) is 21.3 Å². The average molecular weight is 606 g/mol. The van der Waals surface area contributed by atoms with Gasteiger partial charge in [0.05, 0.1) is 16.4 Å². The van der Waals surface area contributed by atoms with Crippen LogP contribution in [-0.2, 0) is 11.6 Å². The lowest BCUT2D eigenvalue weighted by molar-refractivity contribution is 0.328. The summed E-state index contributed by atoms with van der Waals surface area (Å²) >= 11 is 0. The quantitative estimate of drug-likeness (QED) is 0.220. The number of fused-ring (bicyclic) bond motifs is 3. The number of halogens is 2. The average Bonchev–Trinajstić information content (AvgIpc) is 3.29. The third-order valence-electron chi connectivity index (χ3n) is 8.18. The summed E-state index contributed by atoms with van der Waals surface area (Å²) in [6.45, 7) is 6.15. The largest absolute Gasteiger partial charge is 0.325 e. The summed E-state index contributed by atoms with van der Waals surface area (Å²) in [4.78, 5) is 23.5. The SMILES string of the molecule is Cc1cc(F)ccc1Nc1nc2ccc3c(C)c(/C=C\CN4CCP(=O)(c5ccccc5)CC4)[nH]c(=O)c3c2n1C.Cl. The van der Waals surface area contributed by atoms with Crippen molar-refractivity contribution in [1.82, 2.24) is 19.4 Å². The van der Waals surface area contributed by atoms with Gasteiger partial charge in [-0.05, 0) is 60.7 Å². The number of hydrogen-bond acceptors (Lipinski definition) is 5. The summed E-state index contributed by atoms with van der Waals surface area (Å²) in [5, 5.41) is 5.72. The van der Waals surface area contributed by atoms with Gasteiger partial charge in [0.25, 0.3) is 5.56 Å². The lowest BCUT2D eigenvalue weighted by Crippen LogP contribution is -2.37. The minimum Gasteiger partial charge on any atom is -0.325 e. The van der Waals surface area contributed by atoms with Crippen LogP contribution in [0.3, 0.4) is 0 Å². The van der Waals surface area contributed by atoms with Crippen molar-refractivity contribution in [3.63, 3.8) is 0 Å². The van der Waals surface area contributed by atoms with Gasteiger partial charge < -0.3 is 19.4 Å². The number of aryl methyl sites for hydroxylation is 3. The monoisotopic (exact) mass is 605 g/mol. The Morgan fingerprint density at radius 2 is 1.81 bits per heavy atom. The third-order valence-corrected chi connectivity index (χ3v) is 11.3. The topological polar surface area (TPSA) is 83.0 Å². The Hall–Kier alpha value is -3.71. The number of aromatic amines is 1. The van der Waals surface area contributed by atoms with Gasteiger partial charge >= 0.3 is 0 Å². The standard InChI is InChI=1S/C32H33FN5O2P.ClH/c1-21-20-23(33)11-13-26(21)35-32-36-28-14-12-25-22(2)27(34-31(39)29(25)30(28)37(32)3)10-7-15-38-16-18-41(40,19-17-38)24-8-5-4-6-9-24;/h4-14,20H,15-19H2,1-3H3,(H,34,39)(H,35,36);1H/b10-7-;. The summed E-state index contributed by atoms with van der Waals surface area (Å²) in [5.74, 6) is 0.280. The molecular weight excluding hydrogens is 572 g/mol. The fourth-order valence-corrected chi connectivity index (χ4v) is 8.39. The van der Waals surface area contributed by atoms with E-state index in [9.17, 15) is 13.8 Å². The Morgan fingerprint density at radius 3 is 2.52 bits per heavy atom. The van der Waals surface area contributed by atoms with Gasteiger partial charge in [-0.3, -0.25) is 9.69 Å². The number of imidazole rings is 1. The molecule has 7 nitrogen and oxygen atoms in total. The van der Waals surface area contributed by atoms with E-state index in [0.29, 0.717) is 29.2 Å². The lowest BCUT2D eigenvalue weighted by Gasteiger charge is -2.31. The number of nitrogens with zero attached hydrogens (tertiary/aromatic N) is 3. The van der Waals surface area contributed by atoms with Gasteiger partial charge in [0.15, 0.2) is 0 Å². The molecule has 1 aliphatic heterocycles. The molecular formula is C32H34ClFN5O2P. The van der Waals surface area contributed by atoms with Gasteiger partial charge in [0.1, 0.15) is 13.0 Å². The van der Waals surface area contributed by atoms with Crippen LogP contribution in [0.2, 0.25) is 0 Å². The van der Waals surface area contributed by atoms with Crippen molar-refractivity contribution in [3.8, 4) is 0 Å². The predicted molar refractivity (Wildman–Crippen MR) is 174 cm³/mol.